The van der Waals surface area contributed by atoms with E-state index in [1.165, 1.54) is 43.6 Å². The summed E-state index contributed by atoms with van der Waals surface area (Å²) < 4.78 is 4.78. The minimum absolute atomic E-state index is 0.761. The van der Waals surface area contributed by atoms with Crippen LogP contribution in [0.1, 0.15) is 0 Å². The zero-order valence-corrected chi connectivity index (χ0v) is 24.3. The number of fused-ring (bicyclic) bond motifs is 6. The van der Waals surface area contributed by atoms with Gasteiger partial charge in [0.05, 0.1) is 34.4 Å². The number of anilines is 1. The highest BCUT2D eigenvalue weighted by Crippen LogP contribution is 2.38. The number of hydrogen-bond acceptors (Lipinski definition) is 3. The van der Waals surface area contributed by atoms with Crippen molar-refractivity contribution in [3.63, 3.8) is 0 Å². The highest BCUT2D eigenvalue weighted by atomic mass is 15.4. The molecule has 5 nitrogen and oxygen atoms in total. The Balaban J connectivity index is 1.21. The molecular weight excluding hydrogens is 538 g/mol. The van der Waals surface area contributed by atoms with Crippen LogP contribution in [-0.2, 0) is 0 Å². The topological polar surface area (TPSA) is 29.2 Å². The van der Waals surface area contributed by atoms with Gasteiger partial charge in [-0.05, 0) is 54.6 Å². The summed E-state index contributed by atoms with van der Waals surface area (Å²) in [6.45, 7) is 0.761. The fourth-order valence-electron chi connectivity index (χ4n) is 6.89. The van der Waals surface area contributed by atoms with Crippen molar-refractivity contribution < 1.29 is 0 Å². The fourth-order valence-corrected chi connectivity index (χ4v) is 6.89. The van der Waals surface area contributed by atoms with Crippen molar-refractivity contribution in [2.24, 2.45) is 0 Å². The Kier molecular flexibility index (Phi) is 5.41. The lowest BCUT2D eigenvalue weighted by atomic mass is 10.1. The molecule has 4 heterocycles. The second-order valence-corrected chi connectivity index (χ2v) is 11.5. The molecule has 0 unspecified atom stereocenters. The summed E-state index contributed by atoms with van der Waals surface area (Å²) in [6, 6.07) is 47.7. The second-order valence-electron chi connectivity index (χ2n) is 11.5. The lowest BCUT2D eigenvalue weighted by Gasteiger charge is -2.20. The summed E-state index contributed by atoms with van der Waals surface area (Å²) in [5.74, 6) is 1.16. The third-order valence-corrected chi connectivity index (χ3v) is 8.89. The zero-order chi connectivity index (χ0) is 29.2. The lowest BCUT2D eigenvalue weighted by Crippen LogP contribution is -2.24. The summed E-state index contributed by atoms with van der Waals surface area (Å²) in [5.41, 5.74) is 9.17. The average molecular weight is 568 g/mol. The molecule has 3 aromatic heterocycles. The van der Waals surface area contributed by atoms with E-state index in [0.717, 1.165) is 35.1 Å². The van der Waals surface area contributed by atoms with Crippen LogP contribution in [0.25, 0.3) is 66.4 Å². The maximum atomic E-state index is 4.61. The van der Waals surface area contributed by atoms with Crippen LogP contribution in [0.5, 0.6) is 0 Å². The number of para-hydroxylation sites is 3. The summed E-state index contributed by atoms with van der Waals surface area (Å²) in [6.07, 6.45) is 4.14. The molecule has 0 N–H and O–H groups in total. The summed E-state index contributed by atoms with van der Waals surface area (Å²) in [5, 5.41) is 5.04. The van der Waals surface area contributed by atoms with Gasteiger partial charge in [0.15, 0.2) is 0 Å². The number of rotatable bonds is 4. The van der Waals surface area contributed by atoms with E-state index in [2.05, 4.69) is 158 Å². The standard InChI is InChI=1S/C39H29N5/c1-41-26-42(25-39(41)44-36-18-6-3-13-30(36)31-14-4-7-19-37(31)44)28-20-21-33-32-15-2-5-17-35(32)43(38(33)24-28)29-12-10-11-27(23-29)34-16-8-9-22-40-34/h2-25H,26H2,1H3. The number of hydrogen-bond donors (Lipinski definition) is 0. The van der Waals surface area contributed by atoms with E-state index in [-0.39, 0.29) is 0 Å². The Morgan fingerprint density at radius 1 is 0.523 bits per heavy atom. The quantitative estimate of drug-likeness (QED) is 0.212. The fraction of sp³-hybridized carbons (Fsp3) is 0.0513. The molecule has 9 rings (SSSR count). The molecule has 0 fully saturated rings. The van der Waals surface area contributed by atoms with E-state index in [1.54, 1.807) is 0 Å². The van der Waals surface area contributed by atoms with E-state index in [9.17, 15) is 0 Å². The van der Waals surface area contributed by atoms with Gasteiger partial charge in [-0.25, -0.2) is 0 Å². The predicted molar refractivity (Wildman–Crippen MR) is 183 cm³/mol. The Hall–Kier alpha value is -5.81. The smallest absolute Gasteiger partial charge is 0.131 e. The maximum absolute atomic E-state index is 4.61. The molecular formula is C39H29N5. The molecule has 0 saturated carbocycles. The molecule has 5 aromatic carbocycles. The Morgan fingerprint density at radius 2 is 1.16 bits per heavy atom. The highest BCUT2D eigenvalue weighted by molar-refractivity contribution is 6.11. The van der Waals surface area contributed by atoms with Crippen LogP contribution in [0, 0.1) is 0 Å². The van der Waals surface area contributed by atoms with Gasteiger partial charge < -0.3 is 14.4 Å². The van der Waals surface area contributed by atoms with Crippen LogP contribution < -0.4 is 4.90 Å². The number of aromatic nitrogens is 3. The van der Waals surface area contributed by atoms with E-state index in [1.807, 2.05) is 18.3 Å². The van der Waals surface area contributed by atoms with Crippen molar-refractivity contribution in [2.45, 2.75) is 0 Å². The largest absolute Gasteiger partial charge is 0.341 e. The van der Waals surface area contributed by atoms with Crippen molar-refractivity contribution >= 4 is 55.1 Å². The van der Waals surface area contributed by atoms with Crippen molar-refractivity contribution in [3.8, 4) is 16.9 Å². The predicted octanol–water partition coefficient (Wildman–Crippen LogP) is 9.12. The zero-order valence-electron chi connectivity index (χ0n) is 24.3. The van der Waals surface area contributed by atoms with Crippen molar-refractivity contribution in [3.05, 3.63) is 146 Å². The SMILES string of the molecule is CN1CN(c2ccc3c4ccccc4n(-c4cccc(-c5ccccn5)c4)c3c2)C=C1n1c2ccccc2c2ccccc21. The Morgan fingerprint density at radius 3 is 1.84 bits per heavy atom. The normalized spacial score (nSPS) is 13.5. The van der Waals surface area contributed by atoms with Crippen LogP contribution in [-0.4, -0.2) is 32.7 Å². The monoisotopic (exact) mass is 567 g/mol. The molecule has 0 amide bonds. The molecule has 5 heteroatoms. The lowest BCUT2D eigenvalue weighted by molar-refractivity contribution is 0.498. The summed E-state index contributed by atoms with van der Waals surface area (Å²) >= 11 is 0. The molecule has 0 saturated heterocycles. The Bertz CT molecular complexity index is 2340. The number of pyridine rings is 1. The number of nitrogens with zero attached hydrogens (tertiary/aromatic N) is 5. The summed E-state index contributed by atoms with van der Waals surface area (Å²) in [7, 11) is 2.17. The van der Waals surface area contributed by atoms with E-state index in [0.29, 0.717) is 0 Å². The highest BCUT2D eigenvalue weighted by Gasteiger charge is 2.24. The van der Waals surface area contributed by atoms with Crippen molar-refractivity contribution in [1.82, 2.24) is 19.0 Å². The van der Waals surface area contributed by atoms with Gasteiger partial charge in [0, 0.05) is 57.9 Å². The minimum Gasteiger partial charge on any atom is -0.341 e. The average Bonchev–Trinajstić information content (AvgIpc) is 3.74. The molecule has 210 valence electrons. The first-order valence-corrected chi connectivity index (χ1v) is 15.0. The minimum atomic E-state index is 0.761. The molecule has 0 aliphatic carbocycles. The van der Waals surface area contributed by atoms with Gasteiger partial charge in [0.25, 0.3) is 0 Å². The third-order valence-electron chi connectivity index (χ3n) is 8.89. The van der Waals surface area contributed by atoms with E-state index >= 15 is 0 Å². The van der Waals surface area contributed by atoms with Gasteiger partial charge in [-0.2, -0.15) is 0 Å². The Labute approximate surface area is 255 Å². The van der Waals surface area contributed by atoms with Gasteiger partial charge >= 0.3 is 0 Å². The molecule has 0 spiro atoms. The number of benzene rings is 5. The first-order chi connectivity index (χ1) is 21.7. The van der Waals surface area contributed by atoms with Crippen LogP contribution >= 0.6 is 0 Å². The molecule has 8 aromatic rings. The first-order valence-electron chi connectivity index (χ1n) is 15.0. The molecule has 0 radical (unpaired) electrons. The summed E-state index contributed by atoms with van der Waals surface area (Å²) in [4.78, 5) is 9.29. The third kappa shape index (κ3) is 3.69. The van der Waals surface area contributed by atoms with E-state index in [4.69, 9.17) is 0 Å². The molecule has 0 bridgehead atoms. The second kappa shape index (κ2) is 9.61. The van der Waals surface area contributed by atoms with Crippen LogP contribution in [0.4, 0.5) is 5.69 Å². The van der Waals surface area contributed by atoms with Crippen molar-refractivity contribution in [2.75, 3.05) is 18.6 Å². The van der Waals surface area contributed by atoms with E-state index < -0.39 is 0 Å². The van der Waals surface area contributed by atoms with Gasteiger partial charge in [-0.1, -0.05) is 78.9 Å². The molecule has 44 heavy (non-hydrogen) atoms. The molecule has 0 atom stereocenters. The van der Waals surface area contributed by atoms with Gasteiger partial charge in [0.2, 0.25) is 0 Å². The van der Waals surface area contributed by atoms with Gasteiger partial charge in [0.1, 0.15) is 5.82 Å². The van der Waals surface area contributed by atoms with Crippen LogP contribution in [0.3, 0.4) is 0 Å². The molecule has 1 aliphatic rings. The van der Waals surface area contributed by atoms with Gasteiger partial charge in [-0.15, -0.1) is 0 Å². The maximum Gasteiger partial charge on any atom is 0.131 e. The van der Waals surface area contributed by atoms with Crippen molar-refractivity contribution in [1.29, 1.82) is 0 Å². The van der Waals surface area contributed by atoms with Crippen LogP contribution in [0.15, 0.2) is 146 Å². The van der Waals surface area contributed by atoms with Gasteiger partial charge in [-0.3, -0.25) is 9.55 Å². The first kappa shape index (κ1) is 24.8. The van der Waals surface area contributed by atoms with Crippen LogP contribution in [0.2, 0.25) is 0 Å². The molecule has 1 aliphatic heterocycles.